The zero-order chi connectivity index (χ0) is 14.9. The Morgan fingerprint density at radius 2 is 2.00 bits per heavy atom. The Labute approximate surface area is 129 Å². The number of nitrogens with zero attached hydrogens (tertiary/aromatic N) is 2. The average molecular weight is 310 g/mol. The third-order valence-electron chi connectivity index (χ3n) is 2.98. The van der Waals surface area contributed by atoms with Gasteiger partial charge >= 0.3 is 0 Å². The Hall–Kier alpha value is -1.13. The first-order chi connectivity index (χ1) is 9.27. The van der Waals surface area contributed by atoms with Crippen molar-refractivity contribution < 1.29 is 0 Å². The van der Waals surface area contributed by atoms with Gasteiger partial charge < -0.3 is 5.32 Å². The van der Waals surface area contributed by atoms with E-state index in [0.29, 0.717) is 5.15 Å². The lowest BCUT2D eigenvalue weighted by Gasteiger charge is -2.15. The second-order valence-corrected chi connectivity index (χ2v) is 7.37. The smallest absolute Gasteiger partial charge is 0.129 e. The first-order valence-electron chi connectivity index (χ1n) is 6.63. The summed E-state index contributed by atoms with van der Waals surface area (Å²) in [7, 11) is 0. The van der Waals surface area contributed by atoms with E-state index in [9.17, 15) is 0 Å². The molecule has 0 bridgehead atoms. The van der Waals surface area contributed by atoms with Gasteiger partial charge in [0.1, 0.15) is 5.15 Å². The van der Waals surface area contributed by atoms with E-state index in [0.717, 1.165) is 11.4 Å². The van der Waals surface area contributed by atoms with Crippen molar-refractivity contribution in [1.29, 1.82) is 0 Å². The van der Waals surface area contributed by atoms with Gasteiger partial charge in [-0.15, -0.1) is 11.3 Å². The molecule has 3 nitrogen and oxygen atoms in total. The summed E-state index contributed by atoms with van der Waals surface area (Å²) in [4.78, 5) is 10.1. The first kappa shape index (κ1) is 15.3. The second-order valence-electron chi connectivity index (χ2n) is 5.95. The number of hydrogen-bond acceptors (Lipinski definition) is 4. The molecular formula is C15H20ClN3S. The van der Waals surface area contributed by atoms with Gasteiger partial charge in [0.25, 0.3) is 0 Å². The van der Waals surface area contributed by atoms with Gasteiger partial charge in [-0.25, -0.2) is 9.97 Å². The molecule has 0 radical (unpaired) electrons. The summed E-state index contributed by atoms with van der Waals surface area (Å²) in [5.74, 6) is 0. The van der Waals surface area contributed by atoms with Crippen LogP contribution in [0.1, 0.15) is 49.3 Å². The predicted octanol–water partition coefficient (Wildman–Crippen LogP) is 4.97. The van der Waals surface area contributed by atoms with E-state index >= 15 is 0 Å². The lowest BCUT2D eigenvalue weighted by Crippen LogP contribution is -2.10. The maximum atomic E-state index is 5.80. The number of pyridine rings is 1. The molecule has 2 aromatic rings. The van der Waals surface area contributed by atoms with Crippen LogP contribution in [0.15, 0.2) is 18.3 Å². The molecule has 20 heavy (non-hydrogen) atoms. The Balaban J connectivity index is 2.19. The molecule has 2 heterocycles. The monoisotopic (exact) mass is 309 g/mol. The predicted molar refractivity (Wildman–Crippen MR) is 86.8 cm³/mol. The van der Waals surface area contributed by atoms with Crippen LogP contribution >= 0.6 is 22.9 Å². The minimum atomic E-state index is 0.0925. The SMILES string of the molecule is Cc1nc(C(C)(C)C)sc1C(C)Nc1ccc(Cl)nc1. The number of aryl methyl sites for hydroxylation is 1. The van der Waals surface area contributed by atoms with Gasteiger partial charge in [0.15, 0.2) is 0 Å². The molecule has 0 aliphatic carbocycles. The van der Waals surface area contributed by atoms with Crippen LogP contribution in [0.3, 0.4) is 0 Å². The number of halogens is 1. The van der Waals surface area contributed by atoms with Gasteiger partial charge in [-0.1, -0.05) is 32.4 Å². The van der Waals surface area contributed by atoms with Crippen molar-refractivity contribution in [3.8, 4) is 0 Å². The van der Waals surface area contributed by atoms with E-state index in [1.54, 1.807) is 23.6 Å². The molecule has 1 atom stereocenters. The normalized spacial score (nSPS) is 13.3. The maximum Gasteiger partial charge on any atom is 0.129 e. The third-order valence-corrected chi connectivity index (χ3v) is 4.97. The fourth-order valence-electron chi connectivity index (χ4n) is 1.91. The van der Waals surface area contributed by atoms with E-state index in [-0.39, 0.29) is 11.5 Å². The van der Waals surface area contributed by atoms with Crippen molar-refractivity contribution in [2.24, 2.45) is 0 Å². The molecule has 0 spiro atoms. The van der Waals surface area contributed by atoms with Crippen LogP contribution < -0.4 is 5.32 Å². The van der Waals surface area contributed by atoms with Crippen LogP contribution in [0.2, 0.25) is 5.15 Å². The van der Waals surface area contributed by atoms with Gasteiger partial charge in [0.05, 0.1) is 28.6 Å². The molecule has 0 saturated heterocycles. The van der Waals surface area contributed by atoms with Gasteiger partial charge in [-0.3, -0.25) is 0 Å². The van der Waals surface area contributed by atoms with Crippen molar-refractivity contribution in [3.05, 3.63) is 39.1 Å². The summed E-state index contributed by atoms with van der Waals surface area (Å²) in [5.41, 5.74) is 2.16. The number of anilines is 1. The lowest BCUT2D eigenvalue weighted by molar-refractivity contribution is 0.584. The summed E-state index contributed by atoms with van der Waals surface area (Å²) in [6.07, 6.45) is 1.75. The fourth-order valence-corrected chi connectivity index (χ4v) is 3.15. The van der Waals surface area contributed by atoms with Crippen molar-refractivity contribution in [1.82, 2.24) is 9.97 Å². The summed E-state index contributed by atoms with van der Waals surface area (Å²) in [6.45, 7) is 10.8. The molecule has 0 fully saturated rings. The topological polar surface area (TPSA) is 37.8 Å². The minimum absolute atomic E-state index is 0.0925. The Morgan fingerprint density at radius 1 is 1.30 bits per heavy atom. The van der Waals surface area contributed by atoms with Gasteiger partial charge in [-0.05, 0) is 26.0 Å². The van der Waals surface area contributed by atoms with E-state index in [2.05, 4.69) is 44.9 Å². The average Bonchev–Trinajstić information content (AvgIpc) is 2.74. The summed E-state index contributed by atoms with van der Waals surface area (Å²) < 4.78 is 0. The van der Waals surface area contributed by atoms with Crippen molar-refractivity contribution in [2.45, 2.75) is 46.1 Å². The van der Waals surface area contributed by atoms with Gasteiger partial charge in [-0.2, -0.15) is 0 Å². The molecular weight excluding hydrogens is 290 g/mol. The highest BCUT2D eigenvalue weighted by atomic mass is 35.5. The van der Waals surface area contributed by atoms with Crippen molar-refractivity contribution in [2.75, 3.05) is 5.32 Å². The zero-order valence-electron chi connectivity index (χ0n) is 12.5. The van der Waals surface area contributed by atoms with Crippen LogP contribution in [0.25, 0.3) is 0 Å². The lowest BCUT2D eigenvalue weighted by atomic mass is 9.98. The van der Waals surface area contributed by atoms with E-state index in [1.165, 1.54) is 9.88 Å². The van der Waals surface area contributed by atoms with Crippen LogP contribution in [-0.2, 0) is 5.41 Å². The molecule has 108 valence electrons. The Morgan fingerprint density at radius 3 is 2.50 bits per heavy atom. The standard InChI is InChI=1S/C15H20ClN3S/c1-9(18-11-6-7-12(16)17-8-11)13-10(2)19-14(20-13)15(3,4)5/h6-9,18H,1-5H3. The highest BCUT2D eigenvalue weighted by molar-refractivity contribution is 7.12. The van der Waals surface area contributed by atoms with Gasteiger partial charge in [0.2, 0.25) is 0 Å². The van der Waals surface area contributed by atoms with Crippen molar-refractivity contribution in [3.63, 3.8) is 0 Å². The molecule has 2 rings (SSSR count). The molecule has 1 N–H and O–H groups in total. The molecule has 2 aromatic heterocycles. The number of thiazole rings is 1. The number of aromatic nitrogens is 2. The van der Waals surface area contributed by atoms with Crippen molar-refractivity contribution >= 4 is 28.6 Å². The molecule has 0 aliphatic heterocycles. The molecule has 0 aromatic carbocycles. The Kier molecular flexibility index (Phi) is 4.35. The fraction of sp³-hybridized carbons (Fsp3) is 0.467. The second kappa shape index (κ2) is 5.70. The molecule has 0 aliphatic rings. The summed E-state index contributed by atoms with van der Waals surface area (Å²) in [5, 5.41) is 5.12. The van der Waals surface area contributed by atoms with E-state index in [4.69, 9.17) is 16.6 Å². The molecule has 0 amide bonds. The highest BCUT2D eigenvalue weighted by Crippen LogP contribution is 2.33. The molecule has 0 saturated carbocycles. The number of hydrogen-bond donors (Lipinski definition) is 1. The van der Waals surface area contributed by atoms with Crippen LogP contribution in [0, 0.1) is 6.92 Å². The minimum Gasteiger partial charge on any atom is -0.376 e. The van der Waals surface area contributed by atoms with Crippen LogP contribution in [0.4, 0.5) is 5.69 Å². The maximum absolute atomic E-state index is 5.80. The molecule has 5 heteroatoms. The highest BCUT2D eigenvalue weighted by Gasteiger charge is 2.22. The molecule has 1 unspecified atom stereocenters. The summed E-state index contributed by atoms with van der Waals surface area (Å²) >= 11 is 7.57. The zero-order valence-corrected chi connectivity index (χ0v) is 14.1. The first-order valence-corrected chi connectivity index (χ1v) is 7.82. The third kappa shape index (κ3) is 3.49. The largest absolute Gasteiger partial charge is 0.376 e. The summed E-state index contributed by atoms with van der Waals surface area (Å²) in [6, 6.07) is 3.93. The number of nitrogens with one attached hydrogen (secondary N) is 1. The van der Waals surface area contributed by atoms with Crippen LogP contribution in [-0.4, -0.2) is 9.97 Å². The Bertz CT molecular complexity index is 584. The van der Waals surface area contributed by atoms with E-state index < -0.39 is 0 Å². The quantitative estimate of drug-likeness (QED) is 0.813. The number of rotatable bonds is 3. The van der Waals surface area contributed by atoms with E-state index in [1.807, 2.05) is 6.07 Å². The van der Waals surface area contributed by atoms with Gasteiger partial charge in [0, 0.05) is 10.3 Å². The van der Waals surface area contributed by atoms with Crippen LogP contribution in [0.5, 0.6) is 0 Å².